The van der Waals surface area contributed by atoms with Crippen LogP contribution in [0.3, 0.4) is 0 Å². The Bertz CT molecular complexity index is 667. The maximum absolute atomic E-state index is 12.5. The molecule has 1 aromatic carbocycles. The highest BCUT2D eigenvalue weighted by Crippen LogP contribution is 2.18. The third-order valence-corrected chi connectivity index (χ3v) is 4.89. The molecule has 1 aromatic rings. The van der Waals surface area contributed by atoms with Crippen molar-refractivity contribution in [3.8, 4) is 0 Å². The van der Waals surface area contributed by atoms with E-state index in [1.165, 1.54) is 0 Å². The smallest absolute Gasteiger partial charge is 0.337 e. The second-order valence-electron chi connectivity index (χ2n) is 5.24. The molecule has 7 heteroatoms. The lowest BCUT2D eigenvalue weighted by atomic mass is 10.1. The van der Waals surface area contributed by atoms with Gasteiger partial charge in [0, 0.05) is 10.6 Å². The molecule has 2 amide bonds. The molecular formula is C16H20N2O4S. The van der Waals surface area contributed by atoms with Crippen molar-refractivity contribution in [1.82, 2.24) is 10.6 Å². The van der Waals surface area contributed by atoms with Gasteiger partial charge in [-0.1, -0.05) is 17.7 Å². The topological polar surface area (TPSA) is 84.5 Å². The number of aryl methyl sites for hydroxylation is 1. The summed E-state index contributed by atoms with van der Waals surface area (Å²) in [7, 11) is -1.34. The van der Waals surface area contributed by atoms with Gasteiger partial charge in [-0.25, -0.2) is 9.59 Å². The number of amides is 2. The van der Waals surface area contributed by atoms with Gasteiger partial charge >= 0.3 is 12.0 Å². The molecule has 0 aromatic heterocycles. The number of nitrogens with one attached hydrogen (secondary N) is 2. The summed E-state index contributed by atoms with van der Waals surface area (Å²) in [5, 5.41) is 5.20. The van der Waals surface area contributed by atoms with Crippen LogP contribution in [0.25, 0.3) is 0 Å². The van der Waals surface area contributed by atoms with E-state index in [0.29, 0.717) is 16.2 Å². The van der Waals surface area contributed by atoms with Crippen LogP contribution in [-0.4, -0.2) is 34.6 Å². The lowest BCUT2D eigenvalue weighted by molar-refractivity contribution is -0.138. The molecule has 0 saturated heterocycles. The Balaban J connectivity index is 2.22. The Morgan fingerprint density at radius 2 is 1.91 bits per heavy atom. The van der Waals surface area contributed by atoms with Gasteiger partial charge in [-0.15, -0.1) is 0 Å². The quantitative estimate of drug-likeness (QED) is 0.800. The van der Waals surface area contributed by atoms with Crippen molar-refractivity contribution in [3.05, 3.63) is 41.1 Å². The van der Waals surface area contributed by atoms with Gasteiger partial charge in [0.05, 0.1) is 34.8 Å². The van der Waals surface area contributed by atoms with Gasteiger partial charge < -0.3 is 15.4 Å². The molecule has 0 radical (unpaired) electrons. The van der Waals surface area contributed by atoms with Crippen molar-refractivity contribution in [2.75, 3.05) is 12.4 Å². The van der Waals surface area contributed by atoms with Crippen LogP contribution in [0.15, 0.2) is 40.4 Å². The van der Waals surface area contributed by atoms with Crippen molar-refractivity contribution < 1.29 is 18.5 Å². The molecule has 23 heavy (non-hydrogen) atoms. The average molecular weight is 336 g/mol. The highest BCUT2D eigenvalue weighted by molar-refractivity contribution is 7.85. The lowest BCUT2D eigenvalue weighted by Gasteiger charge is -2.27. The van der Waals surface area contributed by atoms with E-state index in [1.54, 1.807) is 26.0 Å². The number of rotatable bonds is 5. The molecule has 0 aliphatic carbocycles. The number of esters is 1. The minimum atomic E-state index is -1.34. The molecule has 1 heterocycles. The van der Waals surface area contributed by atoms with E-state index in [1.807, 2.05) is 19.1 Å². The third kappa shape index (κ3) is 4.19. The van der Waals surface area contributed by atoms with E-state index in [4.69, 9.17) is 4.74 Å². The second kappa shape index (κ2) is 7.41. The first kappa shape index (κ1) is 17.2. The van der Waals surface area contributed by atoms with Crippen LogP contribution in [0, 0.1) is 6.92 Å². The molecule has 0 bridgehead atoms. The van der Waals surface area contributed by atoms with Gasteiger partial charge in [-0.05, 0) is 32.9 Å². The molecule has 2 rings (SSSR count). The van der Waals surface area contributed by atoms with Crippen LogP contribution in [0.2, 0.25) is 0 Å². The van der Waals surface area contributed by atoms with Crippen molar-refractivity contribution in [2.45, 2.75) is 31.7 Å². The summed E-state index contributed by atoms with van der Waals surface area (Å²) < 4.78 is 17.6. The molecule has 1 aliphatic rings. The normalized spacial score (nSPS) is 18.9. The van der Waals surface area contributed by atoms with Gasteiger partial charge in [0.25, 0.3) is 0 Å². The molecule has 2 atom stereocenters. The van der Waals surface area contributed by atoms with Crippen molar-refractivity contribution in [2.24, 2.45) is 0 Å². The molecular weight excluding hydrogens is 316 g/mol. The first-order valence-corrected chi connectivity index (χ1v) is 8.64. The van der Waals surface area contributed by atoms with Gasteiger partial charge in [0.2, 0.25) is 0 Å². The summed E-state index contributed by atoms with van der Waals surface area (Å²) in [6, 6.07) is 6.26. The minimum Gasteiger partial charge on any atom is -0.463 e. The Morgan fingerprint density at radius 3 is 2.52 bits per heavy atom. The summed E-state index contributed by atoms with van der Waals surface area (Å²) in [4.78, 5) is 24.4. The number of carbonyl (C=O) groups excluding carboxylic acids is 2. The van der Waals surface area contributed by atoms with E-state index in [9.17, 15) is 13.8 Å². The fraction of sp³-hybridized carbons (Fsp3) is 0.375. The Hall–Kier alpha value is -2.15. The zero-order chi connectivity index (χ0) is 17.0. The first-order chi connectivity index (χ1) is 10.9. The Morgan fingerprint density at radius 1 is 1.26 bits per heavy atom. The Kier molecular flexibility index (Phi) is 5.54. The van der Waals surface area contributed by atoms with E-state index < -0.39 is 28.8 Å². The molecule has 6 nitrogen and oxygen atoms in total. The second-order valence-corrected chi connectivity index (χ2v) is 6.73. The highest BCUT2D eigenvalue weighted by atomic mass is 32.2. The number of hydrogen-bond donors (Lipinski definition) is 2. The van der Waals surface area contributed by atoms with Crippen molar-refractivity contribution >= 4 is 22.8 Å². The maximum atomic E-state index is 12.5. The third-order valence-electron chi connectivity index (χ3n) is 3.46. The van der Waals surface area contributed by atoms with E-state index in [0.717, 1.165) is 5.56 Å². The number of benzene rings is 1. The van der Waals surface area contributed by atoms with Crippen LogP contribution in [-0.2, 0) is 20.3 Å². The van der Waals surface area contributed by atoms with Gasteiger partial charge in [-0.2, -0.15) is 0 Å². The standard InChI is InChI=1S/C16H20N2O4S/c1-4-22-15(19)14-11(3)17-16(20)18-13(14)9-23(21)12-7-5-10(2)6-8-12/h5-8,13H,4,9H2,1-3H3,(H2,17,18,20)/t13-,23?/m1/s1. The molecule has 0 fully saturated rings. The number of ether oxygens (including phenoxy) is 1. The SMILES string of the molecule is CCOC(=O)C1=C(C)NC(=O)N[C@@H]1CS(=O)c1ccc(C)cc1. The van der Waals surface area contributed by atoms with Crippen LogP contribution < -0.4 is 10.6 Å². The molecule has 0 spiro atoms. The van der Waals surface area contributed by atoms with Crippen LogP contribution in [0.5, 0.6) is 0 Å². The number of urea groups is 1. The summed E-state index contributed by atoms with van der Waals surface area (Å²) in [6.07, 6.45) is 0. The zero-order valence-electron chi connectivity index (χ0n) is 13.3. The highest BCUT2D eigenvalue weighted by Gasteiger charge is 2.32. The lowest BCUT2D eigenvalue weighted by Crippen LogP contribution is -2.52. The molecule has 1 unspecified atom stereocenters. The maximum Gasteiger partial charge on any atom is 0.337 e. The predicted octanol–water partition coefficient (Wildman–Crippen LogP) is 1.62. The zero-order valence-corrected chi connectivity index (χ0v) is 14.2. The molecule has 0 saturated carbocycles. The van der Waals surface area contributed by atoms with Gasteiger partial charge in [0.1, 0.15) is 0 Å². The van der Waals surface area contributed by atoms with Gasteiger partial charge in [0.15, 0.2) is 0 Å². The van der Waals surface area contributed by atoms with E-state index in [-0.39, 0.29) is 12.4 Å². The van der Waals surface area contributed by atoms with Crippen molar-refractivity contribution in [1.29, 1.82) is 0 Å². The largest absolute Gasteiger partial charge is 0.463 e. The average Bonchev–Trinajstić information content (AvgIpc) is 2.47. The van der Waals surface area contributed by atoms with Gasteiger partial charge in [-0.3, -0.25) is 4.21 Å². The van der Waals surface area contributed by atoms with Crippen LogP contribution in [0.1, 0.15) is 19.4 Å². The fourth-order valence-electron chi connectivity index (χ4n) is 2.33. The monoisotopic (exact) mass is 336 g/mol. The summed E-state index contributed by atoms with van der Waals surface area (Å²) in [6.45, 7) is 5.52. The molecule has 1 aliphatic heterocycles. The van der Waals surface area contributed by atoms with E-state index >= 15 is 0 Å². The summed E-state index contributed by atoms with van der Waals surface area (Å²) in [5.74, 6) is -0.398. The minimum absolute atomic E-state index is 0.113. The molecule has 124 valence electrons. The summed E-state index contributed by atoms with van der Waals surface area (Å²) >= 11 is 0. The Labute approximate surface area is 137 Å². The number of carbonyl (C=O) groups is 2. The van der Waals surface area contributed by atoms with E-state index in [2.05, 4.69) is 10.6 Å². The van der Waals surface area contributed by atoms with Crippen LogP contribution >= 0.6 is 0 Å². The molecule has 2 N–H and O–H groups in total. The van der Waals surface area contributed by atoms with Crippen LogP contribution in [0.4, 0.5) is 4.79 Å². The first-order valence-electron chi connectivity index (χ1n) is 7.32. The summed E-state index contributed by atoms with van der Waals surface area (Å²) in [5.41, 5.74) is 1.81. The van der Waals surface area contributed by atoms with Crippen molar-refractivity contribution in [3.63, 3.8) is 0 Å². The fourth-order valence-corrected chi connectivity index (χ4v) is 3.52. The number of allylic oxidation sites excluding steroid dienone is 1. The number of hydrogen-bond acceptors (Lipinski definition) is 4. The predicted molar refractivity (Wildman–Crippen MR) is 87.2 cm³/mol.